The van der Waals surface area contributed by atoms with E-state index >= 15 is 0 Å². The van der Waals surface area contributed by atoms with Gasteiger partial charge in [0, 0.05) is 39.1 Å². The molecule has 2 fully saturated rings. The Morgan fingerprint density at radius 3 is 2.88 bits per heavy atom. The van der Waals surface area contributed by atoms with Gasteiger partial charge in [-0.25, -0.2) is 4.98 Å². The topological polar surface area (TPSA) is 70.8 Å². The molecule has 140 valence electrons. The second kappa shape index (κ2) is 7.34. The molecule has 0 aliphatic carbocycles. The molecular formula is C19H26N4O3. The van der Waals surface area contributed by atoms with Gasteiger partial charge in [-0.1, -0.05) is 12.1 Å². The molecule has 26 heavy (non-hydrogen) atoms. The van der Waals surface area contributed by atoms with Gasteiger partial charge in [-0.15, -0.1) is 0 Å². The number of aryl methyl sites for hydroxylation is 1. The Balaban J connectivity index is 1.31. The summed E-state index contributed by atoms with van der Waals surface area (Å²) in [7, 11) is 0. The van der Waals surface area contributed by atoms with Crippen molar-refractivity contribution in [3.63, 3.8) is 0 Å². The summed E-state index contributed by atoms with van der Waals surface area (Å²) in [6, 6.07) is 7.93. The molecule has 2 aromatic rings. The molecule has 4 rings (SSSR count). The molecule has 7 nitrogen and oxygen atoms in total. The van der Waals surface area contributed by atoms with Gasteiger partial charge in [0.1, 0.15) is 0 Å². The summed E-state index contributed by atoms with van der Waals surface area (Å²) in [6.07, 6.45) is 2.86. The van der Waals surface area contributed by atoms with Crippen molar-refractivity contribution in [2.75, 3.05) is 45.9 Å². The number of imidazole rings is 1. The van der Waals surface area contributed by atoms with Crippen molar-refractivity contribution in [3.05, 3.63) is 30.6 Å². The zero-order chi connectivity index (χ0) is 18.0. The lowest BCUT2D eigenvalue weighted by molar-refractivity contribution is -0.131. The maximum Gasteiger partial charge on any atom is 0.224 e. The molecule has 1 N–H and O–H groups in total. The summed E-state index contributed by atoms with van der Waals surface area (Å²) in [6.45, 7) is 5.42. The number of β-amino-alcohol motifs (C(OH)–C–C–N with tert-alkyl or cyclic N) is 1. The quantitative estimate of drug-likeness (QED) is 0.853. The van der Waals surface area contributed by atoms with Crippen LogP contribution in [0.1, 0.15) is 12.8 Å². The van der Waals surface area contributed by atoms with Crippen molar-refractivity contribution >= 4 is 16.9 Å². The number of hydrogen-bond donors (Lipinski definition) is 1. The molecule has 1 unspecified atom stereocenters. The van der Waals surface area contributed by atoms with Crippen molar-refractivity contribution < 1.29 is 14.6 Å². The summed E-state index contributed by atoms with van der Waals surface area (Å²) in [5.74, 6) is 0.0979. The van der Waals surface area contributed by atoms with Gasteiger partial charge in [0.25, 0.3) is 0 Å². The molecule has 2 saturated heterocycles. The van der Waals surface area contributed by atoms with E-state index < -0.39 is 5.60 Å². The highest BCUT2D eigenvalue weighted by molar-refractivity contribution is 5.78. The van der Waals surface area contributed by atoms with E-state index in [9.17, 15) is 9.90 Å². The number of likely N-dealkylation sites (tertiary alicyclic amines) is 1. The Labute approximate surface area is 153 Å². The minimum Gasteiger partial charge on any atom is -0.387 e. The van der Waals surface area contributed by atoms with E-state index in [0.29, 0.717) is 39.0 Å². The Hall–Kier alpha value is -1.96. The molecule has 0 saturated carbocycles. The Kier molecular flexibility index (Phi) is 4.93. The predicted molar refractivity (Wildman–Crippen MR) is 97.8 cm³/mol. The van der Waals surface area contributed by atoms with Crippen LogP contribution >= 0.6 is 0 Å². The number of amides is 1. The number of carbonyl (C=O) groups excluding carboxylic acids is 1. The van der Waals surface area contributed by atoms with Gasteiger partial charge >= 0.3 is 0 Å². The standard InChI is InChI=1S/C19H26N4O3/c24-18(5-7-23-15-20-16-3-1-2-4-17(16)23)22-8-6-19(25,14-22)13-21-9-11-26-12-10-21/h1-4,15,25H,5-14H2. The summed E-state index contributed by atoms with van der Waals surface area (Å²) in [5, 5.41) is 10.9. The van der Waals surface area contributed by atoms with Gasteiger partial charge in [0.2, 0.25) is 5.91 Å². The predicted octanol–water partition coefficient (Wildman–Crippen LogP) is 0.722. The molecule has 1 atom stereocenters. The van der Waals surface area contributed by atoms with E-state index in [0.717, 1.165) is 37.3 Å². The number of aromatic nitrogens is 2. The molecule has 3 heterocycles. The molecule has 2 aliphatic rings. The smallest absolute Gasteiger partial charge is 0.224 e. The summed E-state index contributed by atoms with van der Waals surface area (Å²) in [4.78, 5) is 21.0. The van der Waals surface area contributed by atoms with Crippen LogP contribution in [0.2, 0.25) is 0 Å². The Bertz CT molecular complexity index is 771. The fourth-order valence-electron chi connectivity index (χ4n) is 3.94. The Morgan fingerprint density at radius 1 is 1.23 bits per heavy atom. The van der Waals surface area contributed by atoms with Crippen molar-refractivity contribution in [1.82, 2.24) is 19.4 Å². The molecule has 2 aliphatic heterocycles. The van der Waals surface area contributed by atoms with Crippen LogP contribution in [0.25, 0.3) is 11.0 Å². The second-order valence-corrected chi connectivity index (χ2v) is 7.35. The zero-order valence-electron chi connectivity index (χ0n) is 15.0. The average Bonchev–Trinajstić information content (AvgIpc) is 3.24. The summed E-state index contributed by atoms with van der Waals surface area (Å²) in [5.41, 5.74) is 1.20. The molecule has 1 aromatic heterocycles. The maximum atomic E-state index is 12.6. The first-order chi connectivity index (χ1) is 12.6. The minimum atomic E-state index is -0.797. The van der Waals surface area contributed by atoms with E-state index in [1.807, 2.05) is 28.8 Å². The fraction of sp³-hybridized carbons (Fsp3) is 0.579. The van der Waals surface area contributed by atoms with Gasteiger partial charge in [-0.05, 0) is 18.6 Å². The average molecular weight is 358 g/mol. The lowest BCUT2D eigenvalue weighted by Crippen LogP contribution is -2.49. The van der Waals surface area contributed by atoms with Crippen LogP contribution < -0.4 is 0 Å². The number of aliphatic hydroxyl groups is 1. The molecule has 0 bridgehead atoms. The molecule has 0 radical (unpaired) electrons. The third-order valence-electron chi connectivity index (χ3n) is 5.40. The van der Waals surface area contributed by atoms with E-state index in [4.69, 9.17) is 4.74 Å². The Morgan fingerprint density at radius 2 is 2.04 bits per heavy atom. The molecule has 1 amide bonds. The van der Waals surface area contributed by atoms with Crippen LogP contribution in [0.15, 0.2) is 30.6 Å². The van der Waals surface area contributed by atoms with E-state index in [-0.39, 0.29) is 5.91 Å². The van der Waals surface area contributed by atoms with Crippen LogP contribution in [-0.2, 0) is 16.1 Å². The number of carbonyl (C=O) groups is 1. The number of morpholine rings is 1. The first-order valence-corrected chi connectivity index (χ1v) is 9.33. The monoisotopic (exact) mass is 358 g/mol. The number of para-hydroxylation sites is 2. The normalized spacial score (nSPS) is 24.4. The lowest BCUT2D eigenvalue weighted by Gasteiger charge is -2.33. The lowest BCUT2D eigenvalue weighted by atomic mass is 10.0. The molecular weight excluding hydrogens is 332 g/mol. The van der Waals surface area contributed by atoms with Gasteiger partial charge in [0.05, 0.1) is 42.7 Å². The highest BCUT2D eigenvalue weighted by Crippen LogP contribution is 2.24. The second-order valence-electron chi connectivity index (χ2n) is 7.35. The summed E-state index contributed by atoms with van der Waals surface area (Å²) >= 11 is 0. The van der Waals surface area contributed by atoms with Crippen molar-refractivity contribution in [1.29, 1.82) is 0 Å². The molecule has 1 aromatic carbocycles. The first-order valence-electron chi connectivity index (χ1n) is 9.33. The first kappa shape index (κ1) is 17.5. The minimum absolute atomic E-state index is 0.0979. The highest BCUT2D eigenvalue weighted by atomic mass is 16.5. The van der Waals surface area contributed by atoms with E-state index in [2.05, 4.69) is 9.88 Å². The van der Waals surface area contributed by atoms with Crippen molar-refractivity contribution in [2.45, 2.75) is 25.0 Å². The van der Waals surface area contributed by atoms with E-state index in [1.54, 1.807) is 11.2 Å². The SMILES string of the molecule is O=C(CCn1cnc2ccccc21)N1CCC(O)(CN2CCOCC2)C1. The summed E-state index contributed by atoms with van der Waals surface area (Å²) < 4.78 is 7.38. The van der Waals surface area contributed by atoms with Crippen LogP contribution in [0.5, 0.6) is 0 Å². The number of ether oxygens (including phenoxy) is 1. The number of benzene rings is 1. The van der Waals surface area contributed by atoms with Crippen molar-refractivity contribution in [3.8, 4) is 0 Å². The number of nitrogens with zero attached hydrogens (tertiary/aromatic N) is 4. The number of rotatable bonds is 5. The number of hydrogen-bond acceptors (Lipinski definition) is 5. The molecule has 7 heteroatoms. The van der Waals surface area contributed by atoms with Gasteiger partial charge in [0.15, 0.2) is 0 Å². The highest BCUT2D eigenvalue weighted by Gasteiger charge is 2.39. The third kappa shape index (κ3) is 3.75. The van der Waals surface area contributed by atoms with Crippen molar-refractivity contribution in [2.24, 2.45) is 0 Å². The van der Waals surface area contributed by atoms with Crippen LogP contribution in [0.4, 0.5) is 0 Å². The van der Waals surface area contributed by atoms with E-state index in [1.165, 1.54) is 0 Å². The van der Waals surface area contributed by atoms with Crippen LogP contribution in [0, 0.1) is 0 Å². The van der Waals surface area contributed by atoms with Crippen LogP contribution in [-0.4, -0.2) is 81.9 Å². The zero-order valence-corrected chi connectivity index (χ0v) is 15.0. The third-order valence-corrected chi connectivity index (χ3v) is 5.40. The van der Waals surface area contributed by atoms with Gasteiger partial charge in [-0.3, -0.25) is 9.69 Å². The maximum absolute atomic E-state index is 12.6. The largest absolute Gasteiger partial charge is 0.387 e. The fourth-order valence-corrected chi connectivity index (χ4v) is 3.94. The van der Waals surface area contributed by atoms with Gasteiger partial charge in [-0.2, -0.15) is 0 Å². The van der Waals surface area contributed by atoms with Crippen LogP contribution in [0.3, 0.4) is 0 Å². The van der Waals surface area contributed by atoms with Gasteiger partial charge < -0.3 is 19.3 Å². The molecule has 0 spiro atoms. The number of fused-ring (bicyclic) bond motifs is 1.